The molecule has 1 aromatic heterocycles. The molecule has 16 heavy (non-hydrogen) atoms. The molecule has 0 aromatic carbocycles. The summed E-state index contributed by atoms with van der Waals surface area (Å²) in [6.45, 7) is 1.89. The molecule has 5 heteroatoms. The molecule has 0 spiro atoms. The highest BCUT2D eigenvalue weighted by Gasteiger charge is 2.22. The lowest BCUT2D eigenvalue weighted by atomic mass is 10.0. The number of amides is 1. The molecule has 0 N–H and O–H groups in total. The molecule has 0 atom stereocenters. The van der Waals surface area contributed by atoms with Crippen LogP contribution >= 0.6 is 0 Å². The van der Waals surface area contributed by atoms with Gasteiger partial charge in [0.2, 0.25) is 6.41 Å². The maximum absolute atomic E-state index is 10.6. The summed E-state index contributed by atoms with van der Waals surface area (Å²) in [5.74, 6) is 0.974. The van der Waals surface area contributed by atoms with E-state index in [1.54, 1.807) is 17.4 Å². The number of carbonyl (C=O) groups is 1. The molecule has 1 saturated heterocycles. The fourth-order valence-corrected chi connectivity index (χ4v) is 2.06. The summed E-state index contributed by atoms with van der Waals surface area (Å²) in [7, 11) is 1.85. The molecule has 1 aliphatic heterocycles. The van der Waals surface area contributed by atoms with Gasteiger partial charge in [-0.3, -0.25) is 4.79 Å². The largest absolute Gasteiger partial charge is 0.356 e. The number of rotatable bonds is 3. The fourth-order valence-electron chi connectivity index (χ4n) is 2.06. The van der Waals surface area contributed by atoms with Crippen molar-refractivity contribution in [3.63, 3.8) is 0 Å². The Morgan fingerprint density at radius 3 is 2.81 bits per heavy atom. The number of aromatic nitrogens is 2. The minimum absolute atomic E-state index is 0.371. The lowest BCUT2D eigenvalue weighted by Gasteiger charge is -2.35. The normalized spacial score (nSPS) is 17.2. The maximum atomic E-state index is 10.6. The summed E-state index contributed by atoms with van der Waals surface area (Å²) >= 11 is 0. The van der Waals surface area contributed by atoms with Crippen LogP contribution in [0.25, 0.3) is 0 Å². The number of carbonyl (C=O) groups excluding carboxylic acids is 1. The summed E-state index contributed by atoms with van der Waals surface area (Å²) in [4.78, 5) is 22.8. The number of hydrogen-bond donors (Lipinski definition) is 0. The first-order chi connectivity index (χ1) is 7.81. The maximum Gasteiger partial charge on any atom is 0.209 e. The average molecular weight is 220 g/mol. The standard InChI is InChI=1S/C11H16N4O/c1-14(9-16)10-3-6-15(7-4-10)11-2-5-12-8-13-11/h2,5,8-10H,3-4,6-7H2,1H3. The molecule has 1 fully saturated rings. The highest BCUT2D eigenvalue weighted by molar-refractivity contribution is 5.47. The minimum atomic E-state index is 0.371. The summed E-state index contributed by atoms with van der Waals surface area (Å²) in [6.07, 6.45) is 6.23. The fraction of sp³-hybridized carbons (Fsp3) is 0.545. The molecule has 5 nitrogen and oxygen atoms in total. The van der Waals surface area contributed by atoms with Crippen molar-refractivity contribution in [3.05, 3.63) is 18.6 Å². The Morgan fingerprint density at radius 2 is 2.25 bits per heavy atom. The van der Waals surface area contributed by atoms with Crippen molar-refractivity contribution in [1.82, 2.24) is 14.9 Å². The van der Waals surface area contributed by atoms with Crippen LogP contribution in [-0.4, -0.2) is 47.5 Å². The van der Waals surface area contributed by atoms with Gasteiger partial charge in [-0.15, -0.1) is 0 Å². The van der Waals surface area contributed by atoms with Gasteiger partial charge in [-0.2, -0.15) is 0 Å². The minimum Gasteiger partial charge on any atom is -0.356 e. The number of nitrogens with zero attached hydrogens (tertiary/aromatic N) is 4. The third-order valence-corrected chi connectivity index (χ3v) is 3.10. The molecule has 0 radical (unpaired) electrons. The monoisotopic (exact) mass is 220 g/mol. The van der Waals surface area contributed by atoms with E-state index in [1.165, 1.54) is 0 Å². The third kappa shape index (κ3) is 2.29. The van der Waals surface area contributed by atoms with E-state index in [9.17, 15) is 4.79 Å². The molecule has 0 aliphatic carbocycles. The lowest BCUT2D eigenvalue weighted by molar-refractivity contribution is -0.119. The Kier molecular flexibility index (Phi) is 3.34. The van der Waals surface area contributed by atoms with Crippen LogP contribution in [0.1, 0.15) is 12.8 Å². The van der Waals surface area contributed by atoms with Crippen molar-refractivity contribution < 1.29 is 4.79 Å². The summed E-state index contributed by atoms with van der Waals surface area (Å²) in [5, 5.41) is 0. The second-order valence-corrected chi connectivity index (χ2v) is 4.06. The molecular weight excluding hydrogens is 204 g/mol. The van der Waals surface area contributed by atoms with Gasteiger partial charge in [0, 0.05) is 32.4 Å². The van der Waals surface area contributed by atoms with E-state index in [1.807, 2.05) is 13.1 Å². The smallest absolute Gasteiger partial charge is 0.209 e. The van der Waals surface area contributed by atoms with Crippen molar-refractivity contribution in [2.24, 2.45) is 0 Å². The van der Waals surface area contributed by atoms with E-state index in [2.05, 4.69) is 14.9 Å². The van der Waals surface area contributed by atoms with Crippen LogP contribution in [0.3, 0.4) is 0 Å². The van der Waals surface area contributed by atoms with Crippen molar-refractivity contribution in [1.29, 1.82) is 0 Å². The van der Waals surface area contributed by atoms with Crippen LogP contribution in [0.4, 0.5) is 5.82 Å². The Balaban J connectivity index is 1.93. The molecule has 0 unspecified atom stereocenters. The van der Waals surface area contributed by atoms with E-state index in [0.29, 0.717) is 6.04 Å². The Morgan fingerprint density at radius 1 is 1.50 bits per heavy atom. The summed E-state index contributed by atoms with van der Waals surface area (Å²) in [6, 6.07) is 2.29. The first-order valence-corrected chi connectivity index (χ1v) is 5.49. The van der Waals surface area contributed by atoms with Gasteiger partial charge in [0.05, 0.1) is 0 Å². The van der Waals surface area contributed by atoms with Crippen LogP contribution in [-0.2, 0) is 4.79 Å². The van der Waals surface area contributed by atoms with Crippen LogP contribution < -0.4 is 4.90 Å². The van der Waals surface area contributed by atoms with Gasteiger partial charge in [0.1, 0.15) is 12.1 Å². The van der Waals surface area contributed by atoms with E-state index >= 15 is 0 Å². The number of hydrogen-bond acceptors (Lipinski definition) is 4. The van der Waals surface area contributed by atoms with Gasteiger partial charge in [-0.05, 0) is 18.9 Å². The van der Waals surface area contributed by atoms with Crippen LogP contribution in [0.15, 0.2) is 18.6 Å². The van der Waals surface area contributed by atoms with Gasteiger partial charge in [-0.1, -0.05) is 0 Å². The van der Waals surface area contributed by atoms with E-state index in [4.69, 9.17) is 0 Å². The predicted octanol–water partition coefficient (Wildman–Crippen LogP) is 0.534. The summed E-state index contributed by atoms with van der Waals surface area (Å²) < 4.78 is 0. The van der Waals surface area contributed by atoms with Crippen molar-refractivity contribution in [2.75, 3.05) is 25.0 Å². The van der Waals surface area contributed by atoms with Crippen molar-refractivity contribution in [2.45, 2.75) is 18.9 Å². The Labute approximate surface area is 95.1 Å². The zero-order valence-electron chi connectivity index (χ0n) is 9.41. The highest BCUT2D eigenvalue weighted by atomic mass is 16.1. The topological polar surface area (TPSA) is 49.3 Å². The molecule has 2 rings (SSSR count). The predicted molar refractivity (Wildman–Crippen MR) is 61.1 cm³/mol. The van der Waals surface area contributed by atoms with E-state index < -0.39 is 0 Å². The van der Waals surface area contributed by atoms with Crippen LogP contribution in [0.2, 0.25) is 0 Å². The molecule has 86 valence electrons. The second kappa shape index (κ2) is 4.92. The molecule has 0 saturated carbocycles. The molecule has 2 heterocycles. The molecular formula is C11H16N4O. The average Bonchev–Trinajstić information content (AvgIpc) is 2.39. The first-order valence-electron chi connectivity index (χ1n) is 5.49. The van der Waals surface area contributed by atoms with Crippen molar-refractivity contribution >= 4 is 12.2 Å². The van der Waals surface area contributed by atoms with Gasteiger partial charge >= 0.3 is 0 Å². The Hall–Kier alpha value is -1.65. The number of anilines is 1. The molecule has 0 bridgehead atoms. The zero-order valence-corrected chi connectivity index (χ0v) is 9.41. The zero-order chi connectivity index (χ0) is 11.4. The lowest BCUT2D eigenvalue weighted by Crippen LogP contribution is -2.43. The first kappa shape index (κ1) is 10.9. The quantitative estimate of drug-likeness (QED) is 0.697. The summed E-state index contributed by atoms with van der Waals surface area (Å²) in [5.41, 5.74) is 0. The van der Waals surface area contributed by atoms with Gasteiger partial charge < -0.3 is 9.80 Å². The molecule has 1 aliphatic rings. The van der Waals surface area contributed by atoms with Crippen LogP contribution in [0, 0.1) is 0 Å². The van der Waals surface area contributed by atoms with Gasteiger partial charge in [0.25, 0.3) is 0 Å². The second-order valence-electron chi connectivity index (χ2n) is 4.06. The highest BCUT2D eigenvalue weighted by Crippen LogP contribution is 2.18. The SMILES string of the molecule is CN(C=O)C1CCN(c2ccncn2)CC1. The van der Waals surface area contributed by atoms with Gasteiger partial charge in [-0.25, -0.2) is 9.97 Å². The van der Waals surface area contributed by atoms with E-state index in [-0.39, 0.29) is 0 Å². The van der Waals surface area contributed by atoms with E-state index in [0.717, 1.165) is 38.2 Å². The third-order valence-electron chi connectivity index (χ3n) is 3.10. The number of piperidine rings is 1. The molecule has 1 amide bonds. The van der Waals surface area contributed by atoms with Gasteiger partial charge in [0.15, 0.2) is 0 Å². The van der Waals surface area contributed by atoms with Crippen molar-refractivity contribution in [3.8, 4) is 0 Å². The molecule has 1 aromatic rings. The Bertz CT molecular complexity index is 335. The van der Waals surface area contributed by atoms with Crippen LogP contribution in [0.5, 0.6) is 0 Å².